The fourth-order valence-electron chi connectivity index (χ4n) is 2.78. The van der Waals surface area contributed by atoms with Crippen molar-refractivity contribution in [1.29, 1.82) is 0 Å². The maximum absolute atomic E-state index is 6.31. The lowest BCUT2D eigenvalue weighted by molar-refractivity contribution is 0.0778. The summed E-state index contributed by atoms with van der Waals surface area (Å²) in [6, 6.07) is 0. The minimum Gasteiger partial charge on any atom is -0.381 e. The van der Waals surface area contributed by atoms with Gasteiger partial charge in [0.1, 0.15) is 0 Å². The summed E-state index contributed by atoms with van der Waals surface area (Å²) in [6.07, 6.45) is 6.22. The van der Waals surface area contributed by atoms with Crippen molar-refractivity contribution >= 4 is 12.4 Å². The van der Waals surface area contributed by atoms with Crippen LogP contribution in [-0.2, 0) is 10.3 Å². The van der Waals surface area contributed by atoms with Crippen LogP contribution >= 0.6 is 12.4 Å². The second-order valence-corrected chi connectivity index (χ2v) is 5.21. The van der Waals surface area contributed by atoms with Crippen molar-refractivity contribution in [3.8, 4) is 0 Å². The number of hydrogen-bond donors (Lipinski definition) is 1. The molecule has 2 aliphatic rings. The first-order chi connectivity index (χ1) is 8.28. The molecule has 0 unspecified atom stereocenters. The van der Waals surface area contributed by atoms with Gasteiger partial charge in [0.15, 0.2) is 5.82 Å². The highest BCUT2D eigenvalue weighted by atomic mass is 35.5. The van der Waals surface area contributed by atoms with E-state index in [2.05, 4.69) is 10.1 Å². The standard InChI is InChI=1S/C12H19N3O2.ClH/c13-12(5-1-2-6-12)11-14-10(17-15-11)9-3-7-16-8-4-9;/h9H,1-8,13H2;1H. The molecule has 1 aromatic heterocycles. The van der Waals surface area contributed by atoms with Crippen LogP contribution in [0.4, 0.5) is 0 Å². The number of rotatable bonds is 2. The molecule has 1 saturated carbocycles. The molecular weight excluding hydrogens is 254 g/mol. The lowest BCUT2D eigenvalue weighted by Gasteiger charge is -2.19. The van der Waals surface area contributed by atoms with Crippen molar-refractivity contribution in [2.24, 2.45) is 5.73 Å². The van der Waals surface area contributed by atoms with Crippen LogP contribution in [0.1, 0.15) is 56.2 Å². The molecule has 1 aliphatic carbocycles. The minimum absolute atomic E-state index is 0. The molecule has 3 rings (SSSR count). The topological polar surface area (TPSA) is 74.2 Å². The Morgan fingerprint density at radius 1 is 1.17 bits per heavy atom. The first-order valence-corrected chi connectivity index (χ1v) is 6.49. The first kappa shape index (κ1) is 13.8. The zero-order valence-electron chi connectivity index (χ0n) is 10.4. The molecule has 0 aromatic carbocycles. The molecule has 102 valence electrons. The van der Waals surface area contributed by atoms with E-state index in [1.807, 2.05) is 0 Å². The number of nitrogens with zero attached hydrogens (tertiary/aromatic N) is 2. The van der Waals surface area contributed by atoms with E-state index in [-0.39, 0.29) is 17.9 Å². The van der Waals surface area contributed by atoms with Gasteiger partial charge in [-0.15, -0.1) is 12.4 Å². The number of ether oxygens (including phenoxy) is 1. The van der Waals surface area contributed by atoms with Crippen molar-refractivity contribution in [1.82, 2.24) is 10.1 Å². The quantitative estimate of drug-likeness (QED) is 0.893. The Hall–Kier alpha value is -0.650. The lowest BCUT2D eigenvalue weighted by atomic mass is 9.98. The van der Waals surface area contributed by atoms with Gasteiger partial charge in [-0.2, -0.15) is 4.98 Å². The van der Waals surface area contributed by atoms with Crippen LogP contribution in [0.3, 0.4) is 0 Å². The largest absolute Gasteiger partial charge is 0.381 e. The van der Waals surface area contributed by atoms with Gasteiger partial charge in [-0.1, -0.05) is 18.0 Å². The van der Waals surface area contributed by atoms with Crippen LogP contribution < -0.4 is 5.73 Å². The summed E-state index contributed by atoms with van der Waals surface area (Å²) in [5.74, 6) is 1.81. The van der Waals surface area contributed by atoms with E-state index in [0.29, 0.717) is 11.7 Å². The zero-order valence-corrected chi connectivity index (χ0v) is 11.2. The Morgan fingerprint density at radius 3 is 2.50 bits per heavy atom. The summed E-state index contributed by atoms with van der Waals surface area (Å²) in [4.78, 5) is 4.53. The fraction of sp³-hybridized carbons (Fsp3) is 0.833. The van der Waals surface area contributed by atoms with E-state index in [0.717, 1.165) is 57.6 Å². The molecule has 6 heteroatoms. The van der Waals surface area contributed by atoms with Gasteiger partial charge in [0, 0.05) is 19.1 Å². The van der Waals surface area contributed by atoms with Gasteiger partial charge < -0.3 is 15.0 Å². The van der Waals surface area contributed by atoms with E-state index in [1.54, 1.807) is 0 Å². The van der Waals surface area contributed by atoms with Crippen LogP contribution in [0.15, 0.2) is 4.52 Å². The van der Waals surface area contributed by atoms with Gasteiger partial charge >= 0.3 is 0 Å². The molecule has 18 heavy (non-hydrogen) atoms. The number of aromatic nitrogens is 2. The van der Waals surface area contributed by atoms with E-state index in [1.165, 1.54) is 0 Å². The van der Waals surface area contributed by atoms with Crippen LogP contribution in [0, 0.1) is 0 Å². The van der Waals surface area contributed by atoms with Gasteiger partial charge in [0.2, 0.25) is 5.89 Å². The van der Waals surface area contributed by atoms with Gasteiger partial charge in [0.05, 0.1) is 5.54 Å². The van der Waals surface area contributed by atoms with E-state index < -0.39 is 0 Å². The highest BCUT2D eigenvalue weighted by Gasteiger charge is 2.36. The Morgan fingerprint density at radius 2 is 1.83 bits per heavy atom. The molecule has 2 heterocycles. The SMILES string of the molecule is Cl.NC1(c2noc(C3CCOCC3)n2)CCCC1. The lowest BCUT2D eigenvalue weighted by Crippen LogP contribution is -2.34. The minimum atomic E-state index is -0.340. The van der Waals surface area contributed by atoms with Crippen molar-refractivity contribution in [2.75, 3.05) is 13.2 Å². The van der Waals surface area contributed by atoms with Gasteiger partial charge in [-0.25, -0.2) is 0 Å². The molecule has 1 aliphatic heterocycles. The smallest absolute Gasteiger partial charge is 0.230 e. The second-order valence-electron chi connectivity index (χ2n) is 5.21. The Labute approximate surface area is 113 Å². The Bertz CT molecular complexity index is 384. The highest BCUT2D eigenvalue weighted by molar-refractivity contribution is 5.85. The van der Waals surface area contributed by atoms with E-state index in [9.17, 15) is 0 Å². The maximum Gasteiger partial charge on any atom is 0.230 e. The van der Waals surface area contributed by atoms with Crippen LogP contribution in [0.5, 0.6) is 0 Å². The molecule has 1 saturated heterocycles. The average Bonchev–Trinajstić information content (AvgIpc) is 2.99. The molecule has 0 amide bonds. The van der Waals surface area contributed by atoms with Crippen molar-refractivity contribution in [3.63, 3.8) is 0 Å². The summed E-state index contributed by atoms with van der Waals surface area (Å²) < 4.78 is 10.7. The Kier molecular flexibility index (Phi) is 4.25. The normalized spacial score (nSPS) is 23.8. The predicted octanol–water partition coefficient (Wildman–Crippen LogP) is 2.11. The second kappa shape index (κ2) is 5.55. The molecule has 0 spiro atoms. The number of nitrogens with two attached hydrogens (primary N) is 1. The third-order valence-electron chi connectivity index (χ3n) is 3.95. The zero-order chi connectivity index (χ0) is 11.7. The molecular formula is C12H20ClN3O2. The summed E-state index contributed by atoms with van der Waals surface area (Å²) in [7, 11) is 0. The monoisotopic (exact) mass is 273 g/mol. The van der Waals surface area contributed by atoms with Gasteiger partial charge in [0.25, 0.3) is 0 Å². The number of hydrogen-bond acceptors (Lipinski definition) is 5. The van der Waals surface area contributed by atoms with Crippen LogP contribution in [-0.4, -0.2) is 23.4 Å². The molecule has 0 bridgehead atoms. The summed E-state index contributed by atoms with van der Waals surface area (Å²) in [5, 5.41) is 4.09. The Balaban J connectivity index is 0.00000120. The number of halogens is 1. The predicted molar refractivity (Wildman–Crippen MR) is 68.7 cm³/mol. The third kappa shape index (κ3) is 2.53. The fourth-order valence-corrected chi connectivity index (χ4v) is 2.78. The van der Waals surface area contributed by atoms with Crippen molar-refractivity contribution < 1.29 is 9.26 Å². The molecule has 0 radical (unpaired) electrons. The molecule has 2 fully saturated rings. The average molecular weight is 274 g/mol. The van der Waals surface area contributed by atoms with Crippen LogP contribution in [0.25, 0.3) is 0 Å². The van der Waals surface area contributed by atoms with Gasteiger partial charge in [-0.3, -0.25) is 0 Å². The highest BCUT2D eigenvalue weighted by Crippen LogP contribution is 2.35. The summed E-state index contributed by atoms with van der Waals surface area (Å²) in [6.45, 7) is 1.58. The molecule has 2 N–H and O–H groups in total. The van der Waals surface area contributed by atoms with E-state index in [4.69, 9.17) is 15.0 Å². The maximum atomic E-state index is 6.31. The van der Waals surface area contributed by atoms with Crippen molar-refractivity contribution in [3.05, 3.63) is 11.7 Å². The molecule has 0 atom stereocenters. The first-order valence-electron chi connectivity index (χ1n) is 6.49. The molecule has 5 nitrogen and oxygen atoms in total. The summed E-state index contributed by atoms with van der Waals surface area (Å²) in [5.41, 5.74) is 5.97. The van der Waals surface area contributed by atoms with Crippen molar-refractivity contribution in [2.45, 2.75) is 50.0 Å². The van der Waals surface area contributed by atoms with E-state index >= 15 is 0 Å². The van der Waals surface area contributed by atoms with Crippen LogP contribution in [0.2, 0.25) is 0 Å². The third-order valence-corrected chi connectivity index (χ3v) is 3.95. The molecule has 1 aromatic rings. The summed E-state index contributed by atoms with van der Waals surface area (Å²) >= 11 is 0. The van der Waals surface area contributed by atoms with Gasteiger partial charge in [-0.05, 0) is 25.7 Å².